The van der Waals surface area contributed by atoms with E-state index in [4.69, 9.17) is 4.11 Å². The van der Waals surface area contributed by atoms with Gasteiger partial charge in [-0.1, -0.05) is 50.3 Å². The molecule has 4 aromatic rings. The van der Waals surface area contributed by atoms with Crippen molar-refractivity contribution in [2.75, 3.05) is 0 Å². The normalized spacial score (nSPS) is 15.3. The van der Waals surface area contributed by atoms with Gasteiger partial charge < -0.3 is 5.41 Å². The Balaban J connectivity index is 0.000000349. The quantitative estimate of drug-likeness (QED) is 0.108. The molecule has 1 aliphatic carbocycles. The molecular formula is C36H38IrN3S. The van der Waals surface area contributed by atoms with E-state index in [1.165, 1.54) is 16.9 Å². The van der Waals surface area contributed by atoms with Gasteiger partial charge in [-0.15, -0.1) is 24.3 Å². The number of pyridine rings is 2. The Hall–Kier alpha value is -3.24. The number of hydrogen-bond acceptors (Lipinski definition) is 3. The summed E-state index contributed by atoms with van der Waals surface area (Å²) in [6.45, 7) is 17.1. The molecule has 212 valence electrons. The van der Waals surface area contributed by atoms with Crippen LogP contribution in [-0.2, 0) is 20.1 Å². The standard InChI is InChI=1S/C22H20N2S.C8H11N.C6H7.Ir/c1-14-12-20-21(24-13-14)18-9-5-8-17(22(18)25-20)19(23)11-10-15(2)16-6-3-4-7-16;1-7(2)8-3-5-9-6-4-8;1-3-5-6-4-2;/h5,9-13,16H,2-4,6-7H2,1H3;3-7H,1-2H3;3-5H,1-2H2;/q-2;;-1;+3/b11-10-;;;/i10D,11D,16D;;;. The summed E-state index contributed by atoms with van der Waals surface area (Å²) < 4.78 is 27.1. The summed E-state index contributed by atoms with van der Waals surface area (Å²) >= 11 is 1.49. The Morgan fingerprint density at radius 2 is 1.93 bits per heavy atom. The smallest absolute Gasteiger partial charge is 0.855 e. The molecule has 1 saturated carbocycles. The first-order valence-electron chi connectivity index (χ1n) is 14.9. The van der Waals surface area contributed by atoms with Crippen LogP contribution in [0.5, 0.6) is 0 Å². The second-order valence-electron chi connectivity index (χ2n) is 9.65. The molecular weight excluding hydrogens is 699 g/mol. The van der Waals surface area contributed by atoms with Gasteiger partial charge in [0.25, 0.3) is 0 Å². The SMILES string of the molecule is C=C[C-]=CC=C.CC(C)c1ccncc1.[2H]/C(C(=C)C1([2H])CCCC1)=C(\[2H])C(=[N-])c1[c-]ccc2c1sc1cc(C)cnc12.[Ir+3]. The summed E-state index contributed by atoms with van der Waals surface area (Å²) in [5, 5.41) is 11.7. The van der Waals surface area contributed by atoms with Crippen molar-refractivity contribution in [1.82, 2.24) is 9.97 Å². The van der Waals surface area contributed by atoms with Crippen LogP contribution in [0.4, 0.5) is 0 Å². The second kappa shape index (κ2) is 17.5. The van der Waals surface area contributed by atoms with Gasteiger partial charge in [-0.3, -0.25) is 9.97 Å². The van der Waals surface area contributed by atoms with Crippen molar-refractivity contribution in [2.45, 2.75) is 52.4 Å². The van der Waals surface area contributed by atoms with E-state index in [0.717, 1.165) is 38.7 Å². The molecule has 0 saturated heterocycles. The molecule has 0 radical (unpaired) electrons. The van der Waals surface area contributed by atoms with Crippen LogP contribution >= 0.6 is 11.3 Å². The minimum absolute atomic E-state index is 0. The third-order valence-electron chi connectivity index (χ3n) is 6.31. The van der Waals surface area contributed by atoms with Crippen molar-refractivity contribution in [1.29, 1.82) is 0 Å². The van der Waals surface area contributed by atoms with Gasteiger partial charge in [0.15, 0.2) is 0 Å². The van der Waals surface area contributed by atoms with Crippen molar-refractivity contribution in [3.63, 3.8) is 0 Å². The van der Waals surface area contributed by atoms with Gasteiger partial charge in [0, 0.05) is 26.0 Å². The molecule has 1 aliphatic rings. The topological polar surface area (TPSA) is 48.1 Å². The number of rotatable bonds is 7. The Labute approximate surface area is 267 Å². The van der Waals surface area contributed by atoms with Crippen LogP contribution in [0.25, 0.3) is 25.7 Å². The minimum Gasteiger partial charge on any atom is -0.855 e. The molecule has 3 aromatic heterocycles. The van der Waals surface area contributed by atoms with Crippen LogP contribution in [-0.4, -0.2) is 15.7 Å². The maximum absolute atomic E-state index is 10.8. The predicted octanol–water partition coefficient (Wildman–Crippen LogP) is 10.1. The van der Waals surface area contributed by atoms with Crippen molar-refractivity contribution in [3.05, 3.63) is 139 Å². The number of hydrogen-bond donors (Lipinski definition) is 0. The zero-order chi connectivity index (χ0) is 31.6. The maximum atomic E-state index is 10.8. The van der Waals surface area contributed by atoms with Gasteiger partial charge >= 0.3 is 20.1 Å². The molecule has 0 unspecified atom stereocenters. The molecule has 1 aromatic carbocycles. The van der Waals surface area contributed by atoms with E-state index >= 15 is 0 Å². The third kappa shape index (κ3) is 9.97. The van der Waals surface area contributed by atoms with Gasteiger partial charge in [0.1, 0.15) is 0 Å². The molecule has 3 nitrogen and oxygen atoms in total. The second-order valence-corrected chi connectivity index (χ2v) is 10.7. The Kier molecular flexibility index (Phi) is 12.5. The van der Waals surface area contributed by atoms with Gasteiger partial charge in [0.05, 0.1) is 6.89 Å². The van der Waals surface area contributed by atoms with Gasteiger partial charge in [0.2, 0.25) is 0 Å². The molecule has 41 heavy (non-hydrogen) atoms. The van der Waals surface area contributed by atoms with Gasteiger partial charge in [-0.2, -0.15) is 54.4 Å². The number of fused-ring (bicyclic) bond motifs is 3. The summed E-state index contributed by atoms with van der Waals surface area (Å²) in [5.41, 5.74) is 3.66. The van der Waals surface area contributed by atoms with Gasteiger partial charge in [-0.25, -0.2) is 5.71 Å². The van der Waals surface area contributed by atoms with Crippen molar-refractivity contribution in [3.8, 4) is 0 Å². The summed E-state index contributed by atoms with van der Waals surface area (Å²) in [5.74, 6) is -0.286. The van der Waals surface area contributed by atoms with E-state index in [-0.39, 0.29) is 37.9 Å². The average molecular weight is 740 g/mol. The van der Waals surface area contributed by atoms with Crippen molar-refractivity contribution in [2.24, 2.45) is 5.89 Å². The average Bonchev–Trinajstić information content (AvgIpc) is 3.63. The molecule has 0 amide bonds. The molecule has 5 heteroatoms. The fourth-order valence-corrected chi connectivity index (χ4v) is 5.41. The summed E-state index contributed by atoms with van der Waals surface area (Å²) in [7, 11) is 0. The molecule has 0 N–H and O–H groups in total. The number of benzene rings is 1. The maximum Gasteiger partial charge on any atom is 3.00 e. The van der Waals surface area contributed by atoms with Crippen LogP contribution in [0, 0.1) is 25.0 Å². The molecule has 3 heterocycles. The largest absolute Gasteiger partial charge is 3.00 e. The molecule has 5 rings (SSSR count). The molecule has 1 fully saturated rings. The zero-order valence-corrected chi connectivity index (χ0v) is 27.2. The number of allylic oxidation sites excluding steroid dienone is 7. The van der Waals surface area contributed by atoms with Gasteiger partial charge in [-0.05, 0) is 65.6 Å². The van der Waals surface area contributed by atoms with Crippen molar-refractivity contribution >= 4 is 37.4 Å². The molecule has 0 atom stereocenters. The first kappa shape index (κ1) is 29.3. The first-order chi connectivity index (χ1) is 20.5. The predicted molar refractivity (Wildman–Crippen MR) is 175 cm³/mol. The van der Waals surface area contributed by atoms with Crippen LogP contribution in [0.3, 0.4) is 0 Å². The van der Waals surface area contributed by atoms with E-state index in [0.29, 0.717) is 29.9 Å². The molecule has 0 bridgehead atoms. The zero-order valence-electron chi connectivity index (χ0n) is 27.0. The van der Waals surface area contributed by atoms with E-state index in [9.17, 15) is 5.41 Å². The fourth-order valence-electron chi connectivity index (χ4n) is 4.16. The number of aromatic nitrogens is 2. The Morgan fingerprint density at radius 3 is 2.51 bits per heavy atom. The Morgan fingerprint density at radius 1 is 1.22 bits per heavy atom. The number of aryl methyl sites for hydroxylation is 1. The summed E-state index contributed by atoms with van der Waals surface area (Å²) in [6, 6.07) is 12.3. The van der Waals surface area contributed by atoms with E-state index in [1.54, 1.807) is 24.3 Å². The molecule has 0 spiro atoms. The number of nitrogens with zero attached hydrogens (tertiary/aromatic N) is 3. The van der Waals surface area contributed by atoms with Crippen LogP contribution in [0.15, 0.2) is 105 Å². The monoisotopic (exact) mass is 740 g/mol. The molecule has 0 aliphatic heterocycles. The van der Waals surface area contributed by atoms with E-state index in [1.807, 2.05) is 49.8 Å². The van der Waals surface area contributed by atoms with E-state index in [2.05, 4.69) is 55.7 Å². The van der Waals surface area contributed by atoms with Crippen molar-refractivity contribution < 1.29 is 24.2 Å². The minimum atomic E-state index is -0.904. The number of thiophene rings is 1. The Bertz CT molecular complexity index is 1660. The van der Waals surface area contributed by atoms with Crippen LogP contribution in [0.1, 0.15) is 66.3 Å². The van der Waals surface area contributed by atoms with Crippen LogP contribution in [0.2, 0.25) is 0 Å². The first-order valence-corrected chi connectivity index (χ1v) is 14.2. The summed E-state index contributed by atoms with van der Waals surface area (Å²) in [6.07, 6.45) is 16.3. The van der Waals surface area contributed by atoms with Crippen LogP contribution < -0.4 is 0 Å². The summed E-state index contributed by atoms with van der Waals surface area (Å²) in [4.78, 5) is 8.44. The fraction of sp³-hybridized carbons (Fsp3) is 0.250. The third-order valence-corrected chi connectivity index (χ3v) is 7.47. The van der Waals surface area contributed by atoms with E-state index < -0.39 is 5.89 Å².